The standard InChI is InChI=1S/C16H18N2O4S2/c1-11-2-4-12(5-3-11)8-15(21)22-9-13(19)17-6-7-18-14(20)10-24-16(18)23/h2-5H,6-10H2,1H3,(H,17,19). The Balaban J connectivity index is 1.63. The number of ether oxygens (including phenoxy) is 1. The lowest BCUT2D eigenvalue weighted by Gasteiger charge is -2.15. The van der Waals surface area contributed by atoms with Gasteiger partial charge in [-0.05, 0) is 12.5 Å². The molecule has 2 amide bonds. The number of carbonyl (C=O) groups is 3. The highest BCUT2D eigenvalue weighted by Crippen LogP contribution is 2.18. The fourth-order valence-electron chi connectivity index (χ4n) is 2.02. The first-order valence-corrected chi connectivity index (χ1v) is 8.80. The van der Waals surface area contributed by atoms with Crippen molar-refractivity contribution in [3.63, 3.8) is 0 Å². The number of nitrogens with zero attached hydrogens (tertiary/aromatic N) is 1. The largest absolute Gasteiger partial charge is 0.455 e. The van der Waals surface area contributed by atoms with Crippen LogP contribution in [0, 0.1) is 6.92 Å². The molecule has 2 rings (SSSR count). The third kappa shape index (κ3) is 5.61. The monoisotopic (exact) mass is 366 g/mol. The number of carbonyl (C=O) groups excluding carboxylic acids is 3. The van der Waals surface area contributed by atoms with Gasteiger partial charge in [0.1, 0.15) is 4.32 Å². The van der Waals surface area contributed by atoms with Crippen LogP contribution in [0.5, 0.6) is 0 Å². The maximum atomic E-state index is 11.7. The van der Waals surface area contributed by atoms with Crippen LogP contribution in [-0.2, 0) is 25.5 Å². The summed E-state index contributed by atoms with van der Waals surface area (Å²) in [7, 11) is 0. The minimum atomic E-state index is -0.457. The maximum absolute atomic E-state index is 11.7. The van der Waals surface area contributed by atoms with Gasteiger partial charge in [0.05, 0.1) is 12.2 Å². The van der Waals surface area contributed by atoms with Gasteiger partial charge in [0.2, 0.25) is 5.91 Å². The van der Waals surface area contributed by atoms with Crippen LogP contribution in [0.25, 0.3) is 0 Å². The molecule has 8 heteroatoms. The molecule has 1 fully saturated rings. The van der Waals surface area contributed by atoms with E-state index in [4.69, 9.17) is 17.0 Å². The van der Waals surface area contributed by atoms with Crippen molar-refractivity contribution in [3.8, 4) is 0 Å². The maximum Gasteiger partial charge on any atom is 0.310 e. The average molecular weight is 366 g/mol. The number of aryl methyl sites for hydroxylation is 1. The van der Waals surface area contributed by atoms with Crippen LogP contribution in [0.15, 0.2) is 24.3 Å². The van der Waals surface area contributed by atoms with E-state index in [0.717, 1.165) is 11.1 Å². The molecule has 0 radical (unpaired) electrons. The summed E-state index contributed by atoms with van der Waals surface area (Å²) < 4.78 is 5.47. The Morgan fingerprint density at radius 2 is 2.04 bits per heavy atom. The number of amides is 2. The molecule has 0 spiro atoms. The number of hydrogen-bond donors (Lipinski definition) is 1. The van der Waals surface area contributed by atoms with Gasteiger partial charge in [-0.25, -0.2) is 0 Å². The van der Waals surface area contributed by atoms with Gasteiger partial charge in [0.15, 0.2) is 6.61 Å². The smallest absolute Gasteiger partial charge is 0.310 e. The van der Waals surface area contributed by atoms with E-state index in [0.29, 0.717) is 16.6 Å². The fourth-order valence-corrected chi connectivity index (χ4v) is 3.15. The van der Waals surface area contributed by atoms with Crippen molar-refractivity contribution < 1.29 is 19.1 Å². The highest BCUT2D eigenvalue weighted by molar-refractivity contribution is 8.23. The third-order valence-corrected chi connectivity index (χ3v) is 4.76. The van der Waals surface area contributed by atoms with E-state index in [2.05, 4.69) is 5.32 Å². The molecule has 1 aliphatic rings. The van der Waals surface area contributed by atoms with Crippen LogP contribution < -0.4 is 5.32 Å². The molecular weight excluding hydrogens is 348 g/mol. The van der Waals surface area contributed by atoms with Gasteiger partial charge < -0.3 is 10.1 Å². The molecule has 1 aromatic rings. The quantitative estimate of drug-likeness (QED) is 0.574. The van der Waals surface area contributed by atoms with E-state index in [9.17, 15) is 14.4 Å². The summed E-state index contributed by atoms with van der Waals surface area (Å²) in [6.07, 6.45) is 0.126. The number of hydrogen-bond acceptors (Lipinski definition) is 6. The molecule has 0 aliphatic carbocycles. The lowest BCUT2D eigenvalue weighted by Crippen LogP contribution is -2.38. The molecule has 0 bridgehead atoms. The molecule has 0 unspecified atom stereocenters. The van der Waals surface area contributed by atoms with Crippen molar-refractivity contribution in [2.45, 2.75) is 13.3 Å². The molecule has 6 nitrogen and oxygen atoms in total. The average Bonchev–Trinajstić information content (AvgIpc) is 2.87. The van der Waals surface area contributed by atoms with E-state index in [-0.39, 0.29) is 25.5 Å². The second-order valence-corrected chi connectivity index (χ2v) is 6.88. The molecule has 0 aromatic heterocycles. The summed E-state index contributed by atoms with van der Waals surface area (Å²) in [5.74, 6) is -0.564. The molecule has 128 valence electrons. The highest BCUT2D eigenvalue weighted by atomic mass is 32.2. The van der Waals surface area contributed by atoms with Gasteiger partial charge in [-0.2, -0.15) is 0 Å². The van der Waals surface area contributed by atoms with Crippen molar-refractivity contribution in [3.05, 3.63) is 35.4 Å². The summed E-state index contributed by atoms with van der Waals surface area (Å²) in [6.45, 7) is 2.22. The van der Waals surface area contributed by atoms with E-state index >= 15 is 0 Å². The van der Waals surface area contributed by atoms with E-state index < -0.39 is 11.9 Å². The van der Waals surface area contributed by atoms with Gasteiger partial charge in [-0.1, -0.05) is 53.8 Å². The van der Waals surface area contributed by atoms with Crippen LogP contribution in [0.3, 0.4) is 0 Å². The molecular formula is C16H18N2O4S2. The lowest BCUT2D eigenvalue weighted by atomic mass is 10.1. The van der Waals surface area contributed by atoms with E-state index in [1.54, 1.807) is 0 Å². The molecule has 1 aromatic carbocycles. The molecule has 24 heavy (non-hydrogen) atoms. The zero-order valence-corrected chi connectivity index (χ0v) is 14.9. The topological polar surface area (TPSA) is 75.7 Å². The van der Waals surface area contributed by atoms with Gasteiger partial charge in [-0.15, -0.1) is 0 Å². The Morgan fingerprint density at radius 1 is 1.33 bits per heavy atom. The first kappa shape index (κ1) is 18.4. The van der Waals surface area contributed by atoms with Crippen molar-refractivity contribution in [2.24, 2.45) is 0 Å². The normalized spacial score (nSPS) is 14.0. The lowest BCUT2D eigenvalue weighted by molar-refractivity contribution is -0.147. The predicted molar refractivity (Wildman–Crippen MR) is 95.6 cm³/mol. The minimum Gasteiger partial charge on any atom is -0.455 e. The summed E-state index contributed by atoms with van der Waals surface area (Å²) >= 11 is 6.35. The Kier molecular flexibility index (Phi) is 6.74. The molecule has 0 saturated carbocycles. The van der Waals surface area contributed by atoms with Gasteiger partial charge in [0.25, 0.3) is 5.91 Å². The number of rotatable bonds is 7. The zero-order valence-electron chi connectivity index (χ0n) is 13.2. The van der Waals surface area contributed by atoms with Gasteiger partial charge >= 0.3 is 5.97 Å². The van der Waals surface area contributed by atoms with Crippen LogP contribution in [0.1, 0.15) is 11.1 Å². The van der Waals surface area contributed by atoms with Crippen molar-refractivity contribution in [2.75, 3.05) is 25.4 Å². The number of benzene rings is 1. The first-order valence-electron chi connectivity index (χ1n) is 7.40. The van der Waals surface area contributed by atoms with E-state index in [1.165, 1.54) is 16.7 Å². The van der Waals surface area contributed by atoms with Crippen LogP contribution in [-0.4, -0.2) is 52.5 Å². The Morgan fingerprint density at radius 3 is 2.67 bits per heavy atom. The number of thioether (sulfide) groups is 1. The molecule has 1 N–H and O–H groups in total. The molecule has 1 aliphatic heterocycles. The SMILES string of the molecule is Cc1ccc(CC(=O)OCC(=O)NCCN2C(=O)CSC2=S)cc1. The van der Waals surface area contributed by atoms with Gasteiger partial charge in [0, 0.05) is 13.1 Å². The molecule has 1 saturated heterocycles. The molecule has 0 atom stereocenters. The first-order chi connectivity index (χ1) is 11.5. The van der Waals surface area contributed by atoms with Crippen LogP contribution in [0.2, 0.25) is 0 Å². The van der Waals surface area contributed by atoms with E-state index in [1.807, 2.05) is 31.2 Å². The zero-order chi connectivity index (χ0) is 17.5. The van der Waals surface area contributed by atoms with Crippen molar-refractivity contribution >= 4 is 46.1 Å². The highest BCUT2D eigenvalue weighted by Gasteiger charge is 2.25. The Bertz CT molecular complexity index is 630. The third-order valence-electron chi connectivity index (χ3n) is 3.33. The van der Waals surface area contributed by atoms with Crippen LogP contribution >= 0.6 is 24.0 Å². The molecule has 1 heterocycles. The Labute approximate surface area is 149 Å². The van der Waals surface area contributed by atoms with Gasteiger partial charge in [-0.3, -0.25) is 19.3 Å². The van der Waals surface area contributed by atoms with Crippen LogP contribution in [0.4, 0.5) is 0 Å². The van der Waals surface area contributed by atoms with Crippen molar-refractivity contribution in [1.82, 2.24) is 10.2 Å². The predicted octanol–water partition coefficient (Wildman–Crippen LogP) is 1.06. The summed E-state index contributed by atoms with van der Waals surface area (Å²) in [5.41, 5.74) is 1.95. The Hall–Kier alpha value is -1.93. The summed E-state index contributed by atoms with van der Waals surface area (Å²) in [4.78, 5) is 36.3. The summed E-state index contributed by atoms with van der Waals surface area (Å²) in [5, 5.41) is 2.60. The number of esters is 1. The fraction of sp³-hybridized carbons (Fsp3) is 0.375. The number of thiocarbonyl (C=S) groups is 1. The second-order valence-electron chi connectivity index (χ2n) is 5.27. The number of nitrogens with one attached hydrogen (secondary N) is 1. The minimum absolute atomic E-state index is 0.0521. The van der Waals surface area contributed by atoms with Crippen molar-refractivity contribution in [1.29, 1.82) is 0 Å². The second kappa shape index (κ2) is 8.79. The summed E-state index contributed by atoms with van der Waals surface area (Å²) in [6, 6.07) is 7.53.